The van der Waals surface area contributed by atoms with Gasteiger partial charge in [-0.25, -0.2) is 0 Å². The summed E-state index contributed by atoms with van der Waals surface area (Å²) >= 11 is 1.60. The molecule has 0 radical (unpaired) electrons. The lowest BCUT2D eigenvalue weighted by atomic mass is 10.1. The van der Waals surface area contributed by atoms with Gasteiger partial charge in [-0.1, -0.05) is 30.3 Å². The second-order valence-corrected chi connectivity index (χ2v) is 4.91. The molecule has 0 fully saturated rings. The lowest BCUT2D eigenvalue weighted by molar-refractivity contribution is -0.120. The van der Waals surface area contributed by atoms with Crippen molar-refractivity contribution in [3.05, 3.63) is 58.3 Å². The fraction of sp³-hybridized carbons (Fsp3) is 0.214. The van der Waals surface area contributed by atoms with E-state index in [1.807, 2.05) is 47.2 Å². The Kier molecular flexibility index (Phi) is 4.50. The van der Waals surface area contributed by atoms with Crippen LogP contribution in [-0.4, -0.2) is 12.5 Å². The Balaban J connectivity index is 1.79. The van der Waals surface area contributed by atoms with Crippen LogP contribution in [0.1, 0.15) is 17.2 Å². The molecular weight excluding hydrogens is 244 g/mol. The van der Waals surface area contributed by atoms with Gasteiger partial charge in [0.2, 0.25) is 5.91 Å². The molecule has 0 aliphatic heterocycles. The number of thiophene rings is 1. The summed E-state index contributed by atoms with van der Waals surface area (Å²) in [6.07, 6.45) is 0.422. The molecule has 0 bridgehead atoms. The van der Waals surface area contributed by atoms with E-state index in [0.717, 1.165) is 11.1 Å². The average molecular weight is 260 g/mol. The lowest BCUT2D eigenvalue weighted by Gasteiger charge is -2.12. The van der Waals surface area contributed by atoms with Gasteiger partial charge in [0, 0.05) is 12.6 Å². The SMILES string of the molecule is NC(CNC(=O)Cc1ccsc1)c1ccccc1. The maximum absolute atomic E-state index is 11.7. The third kappa shape index (κ3) is 3.68. The monoisotopic (exact) mass is 260 g/mol. The van der Waals surface area contributed by atoms with Crippen LogP contribution in [0.15, 0.2) is 47.2 Å². The second-order valence-electron chi connectivity index (χ2n) is 4.13. The number of nitrogens with two attached hydrogens (primary N) is 1. The van der Waals surface area contributed by atoms with Crippen molar-refractivity contribution in [1.82, 2.24) is 5.32 Å². The normalized spacial score (nSPS) is 12.1. The summed E-state index contributed by atoms with van der Waals surface area (Å²) in [6, 6.07) is 11.6. The largest absolute Gasteiger partial charge is 0.354 e. The smallest absolute Gasteiger partial charge is 0.224 e. The predicted molar refractivity (Wildman–Crippen MR) is 74.4 cm³/mol. The minimum absolute atomic E-state index is 0.0137. The van der Waals surface area contributed by atoms with Crippen molar-refractivity contribution in [3.63, 3.8) is 0 Å². The van der Waals surface area contributed by atoms with Crippen molar-refractivity contribution in [2.75, 3.05) is 6.54 Å². The number of rotatable bonds is 5. The Labute approximate surface area is 111 Å². The molecule has 1 heterocycles. The molecule has 0 aliphatic carbocycles. The van der Waals surface area contributed by atoms with E-state index in [1.54, 1.807) is 11.3 Å². The highest BCUT2D eigenvalue weighted by atomic mass is 32.1. The Morgan fingerprint density at radius 2 is 2.06 bits per heavy atom. The molecule has 2 aromatic rings. The molecule has 3 nitrogen and oxygen atoms in total. The molecule has 4 heteroatoms. The zero-order chi connectivity index (χ0) is 12.8. The Bertz CT molecular complexity index is 482. The van der Waals surface area contributed by atoms with Crippen molar-refractivity contribution in [2.24, 2.45) is 5.73 Å². The highest BCUT2D eigenvalue weighted by Gasteiger charge is 2.08. The van der Waals surface area contributed by atoms with Crippen LogP contribution < -0.4 is 11.1 Å². The van der Waals surface area contributed by atoms with E-state index < -0.39 is 0 Å². The van der Waals surface area contributed by atoms with E-state index in [0.29, 0.717) is 13.0 Å². The van der Waals surface area contributed by atoms with E-state index in [2.05, 4.69) is 5.32 Å². The third-order valence-electron chi connectivity index (χ3n) is 2.69. The van der Waals surface area contributed by atoms with Gasteiger partial charge < -0.3 is 11.1 Å². The first-order valence-electron chi connectivity index (χ1n) is 5.84. The maximum Gasteiger partial charge on any atom is 0.224 e. The van der Waals surface area contributed by atoms with Crippen LogP contribution >= 0.6 is 11.3 Å². The lowest BCUT2D eigenvalue weighted by Crippen LogP contribution is -2.32. The van der Waals surface area contributed by atoms with Gasteiger partial charge in [0.15, 0.2) is 0 Å². The van der Waals surface area contributed by atoms with Crippen molar-refractivity contribution < 1.29 is 4.79 Å². The van der Waals surface area contributed by atoms with E-state index in [9.17, 15) is 4.79 Å². The molecule has 1 aromatic heterocycles. The van der Waals surface area contributed by atoms with E-state index in [4.69, 9.17) is 5.73 Å². The number of amides is 1. The van der Waals surface area contributed by atoms with Crippen LogP contribution in [0, 0.1) is 0 Å². The number of hydrogen-bond donors (Lipinski definition) is 2. The number of carbonyl (C=O) groups excluding carboxylic acids is 1. The topological polar surface area (TPSA) is 55.1 Å². The molecule has 1 aromatic carbocycles. The summed E-state index contributed by atoms with van der Waals surface area (Å²) in [5.74, 6) is 0.0137. The standard InChI is InChI=1S/C14H16N2OS/c15-13(12-4-2-1-3-5-12)9-16-14(17)8-11-6-7-18-10-11/h1-7,10,13H,8-9,15H2,(H,16,17). The van der Waals surface area contributed by atoms with Gasteiger partial charge in [-0.3, -0.25) is 4.79 Å². The van der Waals surface area contributed by atoms with Gasteiger partial charge in [0.05, 0.1) is 6.42 Å². The number of carbonyl (C=O) groups is 1. The van der Waals surface area contributed by atoms with Gasteiger partial charge in [0.25, 0.3) is 0 Å². The van der Waals surface area contributed by atoms with Crippen LogP contribution in [0.2, 0.25) is 0 Å². The molecule has 1 atom stereocenters. The zero-order valence-electron chi connectivity index (χ0n) is 10.0. The van der Waals surface area contributed by atoms with Crippen LogP contribution in [0.25, 0.3) is 0 Å². The molecule has 94 valence electrons. The van der Waals surface area contributed by atoms with Crippen LogP contribution in [0.3, 0.4) is 0 Å². The van der Waals surface area contributed by atoms with E-state index >= 15 is 0 Å². The molecule has 3 N–H and O–H groups in total. The molecule has 0 aliphatic rings. The molecule has 0 spiro atoms. The Morgan fingerprint density at radius 3 is 2.72 bits per heavy atom. The molecule has 0 saturated heterocycles. The molecule has 0 saturated carbocycles. The minimum Gasteiger partial charge on any atom is -0.354 e. The van der Waals surface area contributed by atoms with Gasteiger partial charge in [-0.2, -0.15) is 11.3 Å². The summed E-state index contributed by atoms with van der Waals surface area (Å²) in [5, 5.41) is 6.81. The molecular formula is C14H16N2OS. The van der Waals surface area contributed by atoms with Crippen molar-refractivity contribution in [2.45, 2.75) is 12.5 Å². The van der Waals surface area contributed by atoms with Crippen molar-refractivity contribution >= 4 is 17.2 Å². The van der Waals surface area contributed by atoms with Crippen molar-refractivity contribution in [1.29, 1.82) is 0 Å². The quantitative estimate of drug-likeness (QED) is 0.865. The highest BCUT2D eigenvalue weighted by Crippen LogP contribution is 2.09. The van der Waals surface area contributed by atoms with Gasteiger partial charge in [-0.05, 0) is 28.0 Å². The zero-order valence-corrected chi connectivity index (χ0v) is 10.8. The summed E-state index contributed by atoms with van der Waals surface area (Å²) < 4.78 is 0. The average Bonchev–Trinajstić information content (AvgIpc) is 2.90. The van der Waals surface area contributed by atoms with Crippen LogP contribution in [0.4, 0.5) is 0 Å². The van der Waals surface area contributed by atoms with Crippen LogP contribution in [-0.2, 0) is 11.2 Å². The fourth-order valence-electron chi connectivity index (χ4n) is 1.68. The second kappa shape index (κ2) is 6.33. The maximum atomic E-state index is 11.7. The fourth-order valence-corrected chi connectivity index (χ4v) is 2.35. The summed E-state index contributed by atoms with van der Waals surface area (Å²) in [5.41, 5.74) is 8.09. The van der Waals surface area contributed by atoms with E-state index in [-0.39, 0.29) is 11.9 Å². The Hall–Kier alpha value is -1.65. The Morgan fingerprint density at radius 1 is 1.28 bits per heavy atom. The summed E-state index contributed by atoms with van der Waals surface area (Å²) in [4.78, 5) is 11.7. The number of benzene rings is 1. The van der Waals surface area contributed by atoms with Gasteiger partial charge >= 0.3 is 0 Å². The predicted octanol–water partition coefficient (Wildman–Crippen LogP) is 2.11. The van der Waals surface area contributed by atoms with Crippen molar-refractivity contribution in [3.8, 4) is 0 Å². The first kappa shape index (κ1) is 12.8. The molecule has 1 amide bonds. The van der Waals surface area contributed by atoms with Gasteiger partial charge in [0.1, 0.15) is 0 Å². The van der Waals surface area contributed by atoms with Gasteiger partial charge in [-0.15, -0.1) is 0 Å². The number of nitrogens with one attached hydrogen (secondary N) is 1. The summed E-state index contributed by atoms with van der Waals surface area (Å²) in [7, 11) is 0. The number of hydrogen-bond acceptors (Lipinski definition) is 3. The molecule has 18 heavy (non-hydrogen) atoms. The first-order chi connectivity index (χ1) is 8.75. The van der Waals surface area contributed by atoms with Crippen LogP contribution in [0.5, 0.6) is 0 Å². The third-order valence-corrected chi connectivity index (χ3v) is 3.42. The molecule has 1 unspecified atom stereocenters. The minimum atomic E-state index is -0.155. The van der Waals surface area contributed by atoms with E-state index in [1.165, 1.54) is 0 Å². The highest BCUT2D eigenvalue weighted by molar-refractivity contribution is 7.07. The first-order valence-corrected chi connectivity index (χ1v) is 6.78. The summed E-state index contributed by atoms with van der Waals surface area (Å²) in [6.45, 7) is 0.465. The molecule has 2 rings (SSSR count).